The van der Waals surface area contributed by atoms with Gasteiger partial charge < -0.3 is 45.3 Å². The van der Waals surface area contributed by atoms with Crippen molar-refractivity contribution in [1.29, 1.82) is 0 Å². The number of rotatable bonds is 18. The molecule has 0 amide bonds. The van der Waals surface area contributed by atoms with Crippen molar-refractivity contribution in [3.8, 4) is 0 Å². The van der Waals surface area contributed by atoms with Gasteiger partial charge >= 0.3 is 35.8 Å². The van der Waals surface area contributed by atoms with Gasteiger partial charge in [-0.2, -0.15) is 0 Å². The monoisotopic (exact) mass is 583 g/mol. The molecule has 0 saturated heterocycles. The Morgan fingerprint density at radius 3 is 1.03 bits per heavy atom. The number of quaternary nitrogens is 1. The summed E-state index contributed by atoms with van der Waals surface area (Å²) in [6, 6.07) is 0. The van der Waals surface area contributed by atoms with Crippen LogP contribution in [-0.2, 0) is 57.2 Å². The molecule has 0 spiro atoms. The Labute approximate surface area is 235 Å². The van der Waals surface area contributed by atoms with Gasteiger partial charge in [0.2, 0.25) is 0 Å². The van der Waals surface area contributed by atoms with E-state index in [0.717, 1.165) is 6.42 Å². The van der Waals surface area contributed by atoms with Crippen molar-refractivity contribution in [2.75, 3.05) is 46.0 Å². The van der Waals surface area contributed by atoms with Crippen LogP contribution in [0.2, 0.25) is 0 Å². The van der Waals surface area contributed by atoms with E-state index < -0.39 is 54.1 Å². The zero-order valence-corrected chi connectivity index (χ0v) is 24.6. The van der Waals surface area contributed by atoms with Crippen LogP contribution in [0.4, 0.5) is 0 Å². The SMILES string of the molecule is CCCC[N+](CC(COC(C)=O)OC(C)=O)(CC(COC(C)=O)OC(C)=O)CC(COC(C)=O)OC(C)=O.[Cl-]. The highest BCUT2D eigenvalue weighted by Gasteiger charge is 2.40. The van der Waals surface area contributed by atoms with Gasteiger partial charge in [0.1, 0.15) is 39.5 Å². The molecular weight excluding hydrogens is 542 g/mol. The molecule has 3 unspecified atom stereocenters. The molecule has 39 heavy (non-hydrogen) atoms. The van der Waals surface area contributed by atoms with Crippen molar-refractivity contribution < 1.29 is 74.1 Å². The van der Waals surface area contributed by atoms with Gasteiger partial charge in [-0.25, -0.2) is 0 Å². The maximum absolute atomic E-state index is 11.9. The fraction of sp³-hybridized carbons (Fsp3) is 0.760. The fourth-order valence-corrected chi connectivity index (χ4v) is 3.99. The molecule has 0 saturated carbocycles. The van der Waals surface area contributed by atoms with E-state index in [2.05, 4.69) is 0 Å². The first kappa shape index (κ1) is 38.2. The number of halogens is 1. The zero-order valence-electron chi connectivity index (χ0n) is 23.8. The van der Waals surface area contributed by atoms with Gasteiger partial charge in [0.05, 0.1) is 6.54 Å². The number of hydrogen-bond donors (Lipinski definition) is 0. The summed E-state index contributed by atoms with van der Waals surface area (Å²) >= 11 is 0. The highest BCUT2D eigenvalue weighted by Crippen LogP contribution is 2.20. The molecule has 0 aromatic rings. The van der Waals surface area contributed by atoms with Gasteiger partial charge in [0.15, 0.2) is 18.3 Å². The third kappa shape index (κ3) is 19.7. The summed E-state index contributed by atoms with van der Waals surface area (Å²) in [6.07, 6.45) is -1.32. The van der Waals surface area contributed by atoms with Crippen LogP contribution in [0.1, 0.15) is 61.3 Å². The molecule has 0 bridgehead atoms. The molecular formula is C25H42ClNO12. The molecule has 3 atom stereocenters. The zero-order chi connectivity index (χ0) is 29.3. The van der Waals surface area contributed by atoms with Gasteiger partial charge in [-0.1, -0.05) is 13.3 Å². The van der Waals surface area contributed by atoms with Crippen LogP contribution in [0.15, 0.2) is 0 Å². The Kier molecular flexibility index (Phi) is 19.6. The number of unbranched alkanes of at least 4 members (excludes halogenated alkanes) is 1. The first-order valence-corrected chi connectivity index (χ1v) is 12.4. The highest BCUT2D eigenvalue weighted by molar-refractivity contribution is 5.68. The van der Waals surface area contributed by atoms with Crippen LogP contribution in [0.5, 0.6) is 0 Å². The summed E-state index contributed by atoms with van der Waals surface area (Å²) in [5.74, 6) is -3.55. The van der Waals surface area contributed by atoms with Crippen LogP contribution >= 0.6 is 0 Å². The average Bonchev–Trinajstić information content (AvgIpc) is 2.77. The maximum Gasteiger partial charge on any atom is 0.303 e. The number of carbonyl (C=O) groups is 6. The molecule has 13 nitrogen and oxygen atoms in total. The van der Waals surface area contributed by atoms with Crippen molar-refractivity contribution in [2.24, 2.45) is 0 Å². The second-order valence-corrected chi connectivity index (χ2v) is 9.07. The Balaban J connectivity index is 0. The molecule has 0 aromatic heterocycles. The topological polar surface area (TPSA) is 158 Å². The van der Waals surface area contributed by atoms with Crippen LogP contribution < -0.4 is 12.4 Å². The molecule has 0 N–H and O–H groups in total. The van der Waals surface area contributed by atoms with Gasteiger partial charge in [0, 0.05) is 41.5 Å². The molecule has 226 valence electrons. The molecule has 0 aliphatic heterocycles. The summed E-state index contributed by atoms with van der Waals surface area (Å²) in [7, 11) is 0. The summed E-state index contributed by atoms with van der Waals surface area (Å²) < 4.78 is 31.7. The van der Waals surface area contributed by atoms with Crippen molar-refractivity contribution in [1.82, 2.24) is 0 Å². The Bertz CT molecular complexity index is 721. The van der Waals surface area contributed by atoms with E-state index >= 15 is 0 Å². The minimum atomic E-state index is -0.910. The van der Waals surface area contributed by atoms with Crippen molar-refractivity contribution in [2.45, 2.75) is 79.6 Å². The standard InChI is InChI=1S/C25H42NO12.ClH/c1-8-9-10-26(11-23(36-20(5)30)14-33-17(2)27,12-24(37-21(6)31)15-34-18(3)28)13-25(38-22(7)32)16-35-19(4)29;/h23-25H,8-16H2,1-7H3;1H/q+1;/p-1. The second kappa shape index (κ2) is 20.0. The van der Waals surface area contributed by atoms with E-state index in [1.54, 1.807) is 0 Å². The third-order valence-corrected chi connectivity index (χ3v) is 5.17. The first-order valence-electron chi connectivity index (χ1n) is 12.4. The highest BCUT2D eigenvalue weighted by atomic mass is 35.5. The van der Waals surface area contributed by atoms with Gasteiger partial charge in [-0.3, -0.25) is 28.8 Å². The van der Waals surface area contributed by atoms with E-state index in [4.69, 9.17) is 28.4 Å². The minimum absolute atomic E-state index is 0. The second-order valence-electron chi connectivity index (χ2n) is 9.07. The number of carbonyl (C=O) groups excluding carboxylic acids is 6. The van der Waals surface area contributed by atoms with Crippen LogP contribution in [0, 0.1) is 0 Å². The largest absolute Gasteiger partial charge is 1.00 e. The average molecular weight is 584 g/mol. The van der Waals surface area contributed by atoms with Crippen LogP contribution in [0.3, 0.4) is 0 Å². The Morgan fingerprint density at radius 1 is 0.538 bits per heavy atom. The number of ether oxygens (including phenoxy) is 6. The van der Waals surface area contributed by atoms with Crippen molar-refractivity contribution in [3.63, 3.8) is 0 Å². The summed E-state index contributed by atoms with van der Waals surface area (Å²) in [5, 5.41) is 0. The number of nitrogens with zero attached hydrogens (tertiary/aromatic N) is 1. The van der Waals surface area contributed by atoms with E-state index in [1.807, 2.05) is 6.92 Å². The lowest BCUT2D eigenvalue weighted by atomic mass is 10.1. The molecule has 0 rings (SSSR count). The molecule has 0 aliphatic carbocycles. The molecule has 0 radical (unpaired) electrons. The first-order chi connectivity index (χ1) is 17.7. The third-order valence-electron chi connectivity index (χ3n) is 5.17. The maximum atomic E-state index is 11.9. The lowest BCUT2D eigenvalue weighted by molar-refractivity contribution is -0.936. The number of hydrogen-bond acceptors (Lipinski definition) is 12. The van der Waals surface area contributed by atoms with E-state index in [0.29, 0.717) is 13.0 Å². The smallest absolute Gasteiger partial charge is 0.303 e. The van der Waals surface area contributed by atoms with Crippen LogP contribution in [0.25, 0.3) is 0 Å². The molecule has 0 aliphatic rings. The summed E-state index contributed by atoms with van der Waals surface area (Å²) in [6.45, 7) is 9.12. The van der Waals surface area contributed by atoms with Crippen LogP contribution in [-0.4, -0.2) is 105 Å². The molecule has 0 heterocycles. The fourth-order valence-electron chi connectivity index (χ4n) is 3.99. The van der Waals surface area contributed by atoms with Crippen molar-refractivity contribution >= 4 is 35.8 Å². The van der Waals surface area contributed by atoms with E-state index in [9.17, 15) is 28.8 Å². The predicted molar refractivity (Wildman–Crippen MR) is 131 cm³/mol. The lowest BCUT2D eigenvalue weighted by Crippen LogP contribution is -3.00. The quantitative estimate of drug-likeness (QED) is 0.100. The van der Waals surface area contributed by atoms with Crippen molar-refractivity contribution in [3.05, 3.63) is 0 Å². The predicted octanol–water partition coefficient (Wildman–Crippen LogP) is -1.91. The summed E-state index contributed by atoms with van der Waals surface area (Å²) in [4.78, 5) is 70.1. The Morgan fingerprint density at radius 2 is 0.821 bits per heavy atom. The molecule has 0 fully saturated rings. The van der Waals surface area contributed by atoms with E-state index in [1.165, 1.54) is 41.5 Å². The van der Waals surface area contributed by atoms with Gasteiger partial charge in [-0.05, 0) is 6.42 Å². The number of esters is 6. The molecule has 0 aromatic carbocycles. The van der Waals surface area contributed by atoms with Gasteiger partial charge in [-0.15, -0.1) is 0 Å². The lowest BCUT2D eigenvalue weighted by Gasteiger charge is -2.43. The molecule has 14 heteroatoms. The van der Waals surface area contributed by atoms with Gasteiger partial charge in [0.25, 0.3) is 0 Å². The Hall–Kier alpha value is -2.93. The summed E-state index contributed by atoms with van der Waals surface area (Å²) in [5.41, 5.74) is 0. The van der Waals surface area contributed by atoms with E-state index in [-0.39, 0.29) is 56.3 Å². The minimum Gasteiger partial charge on any atom is -1.00 e. The normalized spacial score (nSPS) is 14.2.